The van der Waals surface area contributed by atoms with Gasteiger partial charge in [0.1, 0.15) is 30.2 Å². The van der Waals surface area contributed by atoms with Crippen LogP contribution in [0.25, 0.3) is 11.2 Å². The molecule has 1 saturated heterocycles. The number of aromatic nitrogens is 4. The summed E-state index contributed by atoms with van der Waals surface area (Å²) in [7, 11) is 0. The lowest BCUT2D eigenvalue weighted by Crippen LogP contribution is -2.47. The van der Waals surface area contributed by atoms with E-state index in [2.05, 4.69) is 25.0 Å². The maximum atomic E-state index is 13.3. The number of ether oxygens (including phenoxy) is 1. The van der Waals surface area contributed by atoms with Crippen molar-refractivity contribution in [3.05, 3.63) is 36.9 Å². The minimum absolute atomic E-state index is 0.0251. The molecule has 2 amide bonds. The topological polar surface area (TPSA) is 128 Å². The highest BCUT2D eigenvalue weighted by atomic mass is 19.4. The van der Waals surface area contributed by atoms with E-state index >= 15 is 0 Å². The van der Waals surface area contributed by atoms with Crippen LogP contribution in [0, 0.1) is 5.92 Å². The fraction of sp³-hybridized carbons (Fsp3) is 0.381. The molecule has 3 aromatic rings. The van der Waals surface area contributed by atoms with Gasteiger partial charge in [0.25, 0.3) is 0 Å². The molecule has 0 radical (unpaired) electrons. The molecular formula is C21H22F3N7O3. The summed E-state index contributed by atoms with van der Waals surface area (Å²) in [6.45, 7) is 3.65. The molecule has 4 rings (SSSR count). The van der Waals surface area contributed by atoms with E-state index in [-0.39, 0.29) is 35.9 Å². The minimum atomic E-state index is -4.85. The van der Waals surface area contributed by atoms with Gasteiger partial charge in [-0.2, -0.15) is 0 Å². The summed E-state index contributed by atoms with van der Waals surface area (Å²) in [6, 6.07) is 3.93. The Labute approximate surface area is 191 Å². The van der Waals surface area contributed by atoms with E-state index in [0.717, 1.165) is 12.1 Å². The maximum absolute atomic E-state index is 13.3. The van der Waals surface area contributed by atoms with Crippen molar-refractivity contribution in [1.29, 1.82) is 0 Å². The number of rotatable bonds is 5. The van der Waals surface area contributed by atoms with Gasteiger partial charge in [0.05, 0.1) is 6.33 Å². The van der Waals surface area contributed by atoms with Crippen LogP contribution in [0.1, 0.15) is 20.3 Å². The second kappa shape index (κ2) is 8.80. The van der Waals surface area contributed by atoms with Crippen molar-refractivity contribution in [3.63, 3.8) is 0 Å². The lowest BCUT2D eigenvalue weighted by molar-refractivity contribution is -0.274. The van der Waals surface area contributed by atoms with Crippen molar-refractivity contribution in [2.45, 2.75) is 45.3 Å². The summed E-state index contributed by atoms with van der Waals surface area (Å²) in [5, 5.41) is 2.60. The van der Waals surface area contributed by atoms with Crippen LogP contribution < -0.4 is 15.8 Å². The lowest BCUT2D eigenvalue weighted by atomic mass is 10.0. The monoisotopic (exact) mass is 477 g/mol. The largest absolute Gasteiger partial charge is 0.573 e. The molecule has 2 aromatic heterocycles. The smallest absolute Gasteiger partial charge is 0.406 e. The van der Waals surface area contributed by atoms with E-state index in [4.69, 9.17) is 5.73 Å². The van der Waals surface area contributed by atoms with Gasteiger partial charge < -0.3 is 25.3 Å². The standard InChI is InChI=1S/C21H22F3N7O3/c1-11-6-15(20(33)29-13-4-3-5-14(7-13)34-21(22,23)24)31(12(11)2)16(32)8-30-10-28-17-18(25)26-9-27-19(17)30/h3-5,7,9-12,15H,6,8H2,1-2H3,(H,29,33)(H2,25,26,27)/t11-,12-,15+/m1/s1. The Morgan fingerprint density at radius 3 is 2.74 bits per heavy atom. The number of nitrogens with zero attached hydrogens (tertiary/aromatic N) is 5. The van der Waals surface area contributed by atoms with E-state index < -0.39 is 24.1 Å². The van der Waals surface area contributed by atoms with Gasteiger partial charge >= 0.3 is 6.36 Å². The number of halogens is 3. The number of alkyl halides is 3. The number of fused-ring (bicyclic) bond motifs is 1. The quantitative estimate of drug-likeness (QED) is 0.578. The van der Waals surface area contributed by atoms with Gasteiger partial charge in [-0.15, -0.1) is 13.2 Å². The summed E-state index contributed by atoms with van der Waals surface area (Å²) < 4.78 is 43.0. The molecule has 0 bridgehead atoms. The Kier molecular flexibility index (Phi) is 6.02. The van der Waals surface area contributed by atoms with Crippen molar-refractivity contribution in [3.8, 4) is 5.75 Å². The van der Waals surface area contributed by atoms with Crippen LogP contribution in [-0.4, -0.2) is 54.7 Å². The molecular weight excluding hydrogens is 455 g/mol. The molecule has 180 valence electrons. The first-order valence-corrected chi connectivity index (χ1v) is 10.4. The number of imidazole rings is 1. The average Bonchev–Trinajstić information content (AvgIpc) is 3.29. The molecule has 0 spiro atoms. The SMILES string of the molecule is C[C@@H]1C[C@@H](C(=O)Nc2cccc(OC(F)(F)F)c2)N(C(=O)Cn2cnc3c(N)ncnc32)[C@@H]1C. The highest BCUT2D eigenvalue weighted by Gasteiger charge is 2.43. The first kappa shape index (κ1) is 23.3. The van der Waals surface area contributed by atoms with Crippen LogP contribution in [-0.2, 0) is 16.1 Å². The number of carbonyl (C=O) groups excluding carboxylic acids is 2. The molecule has 0 saturated carbocycles. The predicted octanol–water partition coefficient (Wildman–Crippen LogP) is 2.57. The number of hydrogen-bond donors (Lipinski definition) is 2. The van der Waals surface area contributed by atoms with Gasteiger partial charge in [0.15, 0.2) is 11.5 Å². The Bertz CT molecular complexity index is 1230. The van der Waals surface area contributed by atoms with Crippen LogP contribution in [0.2, 0.25) is 0 Å². The Balaban J connectivity index is 1.52. The Morgan fingerprint density at radius 2 is 2.00 bits per heavy atom. The number of nitrogen functional groups attached to an aromatic ring is 1. The minimum Gasteiger partial charge on any atom is -0.406 e. The predicted molar refractivity (Wildman–Crippen MR) is 115 cm³/mol. The van der Waals surface area contributed by atoms with E-state index in [9.17, 15) is 22.8 Å². The lowest BCUT2D eigenvalue weighted by Gasteiger charge is -2.28. The highest BCUT2D eigenvalue weighted by molar-refractivity contribution is 5.98. The highest BCUT2D eigenvalue weighted by Crippen LogP contribution is 2.32. The third-order valence-electron chi connectivity index (χ3n) is 5.85. The summed E-state index contributed by atoms with van der Waals surface area (Å²) in [5.74, 6) is -1.08. The zero-order chi connectivity index (χ0) is 24.6. The van der Waals surface area contributed by atoms with Crippen LogP contribution >= 0.6 is 0 Å². The Morgan fingerprint density at radius 1 is 1.24 bits per heavy atom. The van der Waals surface area contributed by atoms with Gasteiger partial charge in [-0.1, -0.05) is 13.0 Å². The normalized spacial score (nSPS) is 20.5. The summed E-state index contributed by atoms with van der Waals surface area (Å²) >= 11 is 0. The van der Waals surface area contributed by atoms with E-state index in [1.54, 1.807) is 0 Å². The molecule has 3 atom stereocenters. The Hall–Kier alpha value is -3.90. The number of benzene rings is 1. The van der Waals surface area contributed by atoms with Crippen molar-refractivity contribution < 1.29 is 27.5 Å². The third-order valence-corrected chi connectivity index (χ3v) is 5.85. The van der Waals surface area contributed by atoms with Crippen molar-refractivity contribution in [2.24, 2.45) is 5.92 Å². The summed E-state index contributed by atoms with van der Waals surface area (Å²) in [4.78, 5) is 39.9. The number of amides is 2. The van der Waals surface area contributed by atoms with Gasteiger partial charge in [-0.3, -0.25) is 9.59 Å². The van der Waals surface area contributed by atoms with Gasteiger partial charge in [-0.25, -0.2) is 15.0 Å². The third kappa shape index (κ3) is 4.72. The summed E-state index contributed by atoms with van der Waals surface area (Å²) in [6.07, 6.45) is -1.75. The molecule has 3 N–H and O–H groups in total. The van der Waals surface area contributed by atoms with Crippen molar-refractivity contribution in [1.82, 2.24) is 24.4 Å². The molecule has 1 aromatic carbocycles. The zero-order valence-corrected chi connectivity index (χ0v) is 18.3. The molecule has 0 unspecified atom stereocenters. The fourth-order valence-electron chi connectivity index (χ4n) is 4.09. The van der Waals surface area contributed by atoms with Crippen LogP contribution in [0.4, 0.5) is 24.7 Å². The second-order valence-corrected chi connectivity index (χ2v) is 8.14. The van der Waals surface area contributed by atoms with Crippen molar-refractivity contribution >= 4 is 34.5 Å². The van der Waals surface area contributed by atoms with E-state index in [1.165, 1.54) is 34.3 Å². The van der Waals surface area contributed by atoms with E-state index in [0.29, 0.717) is 17.6 Å². The molecule has 13 heteroatoms. The van der Waals surface area contributed by atoms with Crippen LogP contribution in [0.3, 0.4) is 0 Å². The second-order valence-electron chi connectivity index (χ2n) is 8.14. The number of nitrogens with two attached hydrogens (primary N) is 1. The first-order chi connectivity index (χ1) is 16.0. The fourth-order valence-corrected chi connectivity index (χ4v) is 4.09. The number of anilines is 2. The average molecular weight is 477 g/mol. The molecule has 0 aliphatic carbocycles. The van der Waals surface area contributed by atoms with Crippen LogP contribution in [0.15, 0.2) is 36.9 Å². The first-order valence-electron chi connectivity index (χ1n) is 10.4. The van der Waals surface area contributed by atoms with Crippen LogP contribution in [0.5, 0.6) is 5.75 Å². The number of nitrogens with one attached hydrogen (secondary N) is 1. The van der Waals surface area contributed by atoms with Gasteiger partial charge in [-0.05, 0) is 31.4 Å². The van der Waals surface area contributed by atoms with Gasteiger partial charge in [0.2, 0.25) is 11.8 Å². The number of likely N-dealkylation sites (tertiary alicyclic amines) is 1. The molecule has 34 heavy (non-hydrogen) atoms. The number of hydrogen-bond acceptors (Lipinski definition) is 7. The molecule has 1 aliphatic rings. The molecule has 3 heterocycles. The van der Waals surface area contributed by atoms with Crippen molar-refractivity contribution in [2.75, 3.05) is 11.1 Å². The molecule has 10 nitrogen and oxygen atoms in total. The van der Waals surface area contributed by atoms with E-state index in [1.807, 2.05) is 13.8 Å². The number of carbonyl (C=O) groups is 2. The van der Waals surface area contributed by atoms with Gasteiger partial charge in [0, 0.05) is 17.8 Å². The molecule has 1 aliphatic heterocycles. The summed E-state index contributed by atoms with van der Waals surface area (Å²) in [5.41, 5.74) is 6.68. The maximum Gasteiger partial charge on any atom is 0.573 e. The zero-order valence-electron chi connectivity index (χ0n) is 18.3. The molecule has 1 fully saturated rings.